The van der Waals surface area contributed by atoms with Crippen LogP contribution in [0.4, 0.5) is 0 Å². The van der Waals surface area contributed by atoms with E-state index in [1.54, 1.807) is 0 Å². The van der Waals surface area contributed by atoms with Crippen molar-refractivity contribution in [2.75, 3.05) is 7.11 Å². The van der Waals surface area contributed by atoms with E-state index in [-0.39, 0.29) is 11.1 Å². The van der Waals surface area contributed by atoms with E-state index in [1.165, 1.54) is 19.4 Å². The Balaban J connectivity index is 3.25. The fraction of sp³-hybridized carbons (Fsp3) is 0.125. The predicted octanol–water partition coefficient (Wildman–Crippen LogP) is 1.50. The van der Waals surface area contributed by atoms with Crippen LogP contribution in [-0.2, 0) is 4.74 Å². The summed E-state index contributed by atoms with van der Waals surface area (Å²) in [4.78, 5) is 14.9. The number of carbonyl (C=O) groups is 1. The first-order chi connectivity index (χ1) is 6.19. The third kappa shape index (κ3) is 2.04. The van der Waals surface area contributed by atoms with Crippen molar-refractivity contribution in [3.05, 3.63) is 28.0 Å². The molecule has 0 aliphatic rings. The third-order valence-electron chi connectivity index (χ3n) is 1.40. The standard InChI is InChI=1S/C8H5BrN2O2/c1-13-8(12)6-2-7(9)11-4-5(6)3-10/h2,4H,1H3. The van der Waals surface area contributed by atoms with Gasteiger partial charge in [-0.2, -0.15) is 5.26 Å². The van der Waals surface area contributed by atoms with Crippen molar-refractivity contribution in [3.8, 4) is 6.07 Å². The van der Waals surface area contributed by atoms with Gasteiger partial charge in [-0.25, -0.2) is 9.78 Å². The number of nitriles is 1. The van der Waals surface area contributed by atoms with Gasteiger partial charge in [0.15, 0.2) is 0 Å². The molecule has 1 aromatic heterocycles. The fourth-order valence-electron chi connectivity index (χ4n) is 0.798. The molecular formula is C8H5BrN2O2. The SMILES string of the molecule is COC(=O)c1cc(Br)ncc1C#N. The molecule has 0 saturated carbocycles. The normalized spacial score (nSPS) is 9.00. The maximum absolute atomic E-state index is 11.1. The molecule has 0 atom stereocenters. The largest absolute Gasteiger partial charge is 0.465 e. The molecule has 0 aliphatic carbocycles. The van der Waals surface area contributed by atoms with Crippen molar-refractivity contribution < 1.29 is 9.53 Å². The van der Waals surface area contributed by atoms with Crippen LogP contribution in [0.25, 0.3) is 0 Å². The molecule has 5 heteroatoms. The molecule has 0 bridgehead atoms. The smallest absolute Gasteiger partial charge is 0.339 e. The number of pyridine rings is 1. The summed E-state index contributed by atoms with van der Waals surface area (Å²) in [5.74, 6) is -0.542. The van der Waals surface area contributed by atoms with E-state index in [2.05, 4.69) is 25.7 Å². The number of nitrogens with zero attached hydrogens (tertiary/aromatic N) is 2. The molecule has 0 saturated heterocycles. The van der Waals surface area contributed by atoms with Gasteiger partial charge in [-0.05, 0) is 22.0 Å². The molecule has 0 radical (unpaired) electrons. The van der Waals surface area contributed by atoms with Gasteiger partial charge in [0, 0.05) is 6.20 Å². The molecule has 0 amide bonds. The minimum Gasteiger partial charge on any atom is -0.465 e. The Kier molecular flexibility index (Phi) is 2.98. The zero-order chi connectivity index (χ0) is 9.84. The predicted molar refractivity (Wildman–Crippen MR) is 48.0 cm³/mol. The molecule has 1 heterocycles. The summed E-state index contributed by atoms with van der Waals surface area (Å²) in [7, 11) is 1.26. The monoisotopic (exact) mass is 240 g/mol. The van der Waals surface area contributed by atoms with Crippen molar-refractivity contribution in [2.45, 2.75) is 0 Å². The van der Waals surface area contributed by atoms with E-state index in [9.17, 15) is 4.79 Å². The van der Waals surface area contributed by atoms with E-state index in [1.807, 2.05) is 6.07 Å². The minimum atomic E-state index is -0.542. The van der Waals surface area contributed by atoms with Crippen molar-refractivity contribution >= 4 is 21.9 Å². The minimum absolute atomic E-state index is 0.204. The Morgan fingerprint density at radius 2 is 2.46 bits per heavy atom. The second-order valence-electron chi connectivity index (χ2n) is 2.16. The van der Waals surface area contributed by atoms with E-state index < -0.39 is 5.97 Å². The molecular weight excluding hydrogens is 236 g/mol. The summed E-state index contributed by atoms with van der Waals surface area (Å²) in [6.45, 7) is 0. The van der Waals surface area contributed by atoms with Crippen LogP contribution < -0.4 is 0 Å². The number of halogens is 1. The lowest BCUT2D eigenvalue weighted by Crippen LogP contribution is -2.04. The van der Waals surface area contributed by atoms with Crippen molar-refractivity contribution in [1.29, 1.82) is 5.26 Å². The van der Waals surface area contributed by atoms with E-state index in [0.717, 1.165) is 0 Å². The Bertz CT molecular complexity index is 384. The second-order valence-corrected chi connectivity index (χ2v) is 2.97. The van der Waals surface area contributed by atoms with Crippen LogP contribution in [0, 0.1) is 11.3 Å². The van der Waals surface area contributed by atoms with E-state index in [0.29, 0.717) is 4.60 Å². The highest BCUT2D eigenvalue weighted by atomic mass is 79.9. The van der Waals surface area contributed by atoms with Gasteiger partial charge in [0.2, 0.25) is 0 Å². The molecule has 13 heavy (non-hydrogen) atoms. The van der Waals surface area contributed by atoms with Gasteiger partial charge in [0.25, 0.3) is 0 Å². The Morgan fingerprint density at radius 3 is 3.00 bits per heavy atom. The van der Waals surface area contributed by atoms with Gasteiger partial charge in [-0.3, -0.25) is 0 Å². The molecule has 0 spiro atoms. The lowest BCUT2D eigenvalue weighted by Gasteiger charge is -2.00. The maximum atomic E-state index is 11.1. The van der Waals surface area contributed by atoms with Gasteiger partial charge in [0.1, 0.15) is 10.7 Å². The molecule has 0 N–H and O–H groups in total. The van der Waals surface area contributed by atoms with Gasteiger partial charge >= 0.3 is 5.97 Å². The Morgan fingerprint density at radius 1 is 1.77 bits per heavy atom. The number of carbonyl (C=O) groups excluding carboxylic acids is 1. The number of aromatic nitrogens is 1. The third-order valence-corrected chi connectivity index (χ3v) is 1.83. The van der Waals surface area contributed by atoms with Crippen molar-refractivity contribution in [2.24, 2.45) is 0 Å². The first kappa shape index (κ1) is 9.68. The lowest BCUT2D eigenvalue weighted by atomic mass is 10.1. The lowest BCUT2D eigenvalue weighted by molar-refractivity contribution is 0.0600. The number of hydrogen-bond donors (Lipinski definition) is 0. The fourth-order valence-corrected chi connectivity index (χ4v) is 1.13. The Labute approximate surface area is 83.3 Å². The van der Waals surface area contributed by atoms with Crippen LogP contribution in [0.1, 0.15) is 15.9 Å². The highest BCUT2D eigenvalue weighted by Gasteiger charge is 2.12. The average Bonchev–Trinajstić information content (AvgIpc) is 2.16. The zero-order valence-corrected chi connectivity index (χ0v) is 8.33. The zero-order valence-electron chi connectivity index (χ0n) is 6.74. The molecule has 0 fully saturated rings. The summed E-state index contributed by atoms with van der Waals surface area (Å²) < 4.78 is 4.99. The van der Waals surface area contributed by atoms with Crippen molar-refractivity contribution in [3.63, 3.8) is 0 Å². The highest BCUT2D eigenvalue weighted by molar-refractivity contribution is 9.10. The van der Waals surface area contributed by atoms with Gasteiger partial charge < -0.3 is 4.74 Å². The Hall–Kier alpha value is -1.41. The summed E-state index contributed by atoms with van der Waals surface area (Å²) in [5.41, 5.74) is 0.418. The second kappa shape index (κ2) is 4.01. The van der Waals surface area contributed by atoms with Crippen molar-refractivity contribution in [1.82, 2.24) is 4.98 Å². The van der Waals surface area contributed by atoms with E-state index in [4.69, 9.17) is 5.26 Å². The number of ether oxygens (including phenoxy) is 1. The quantitative estimate of drug-likeness (QED) is 0.552. The van der Waals surface area contributed by atoms with Gasteiger partial charge in [0.05, 0.1) is 18.2 Å². The molecule has 66 valence electrons. The molecule has 0 aliphatic heterocycles. The number of esters is 1. The van der Waals surface area contributed by atoms with Gasteiger partial charge in [-0.15, -0.1) is 0 Å². The molecule has 0 aromatic carbocycles. The summed E-state index contributed by atoms with van der Waals surface area (Å²) in [6, 6.07) is 3.30. The van der Waals surface area contributed by atoms with Crippen LogP contribution >= 0.6 is 15.9 Å². The van der Waals surface area contributed by atoms with Crippen LogP contribution in [0.5, 0.6) is 0 Å². The van der Waals surface area contributed by atoms with Gasteiger partial charge in [-0.1, -0.05) is 0 Å². The van der Waals surface area contributed by atoms with E-state index >= 15 is 0 Å². The summed E-state index contributed by atoms with van der Waals surface area (Å²) in [6.07, 6.45) is 1.32. The summed E-state index contributed by atoms with van der Waals surface area (Å²) in [5, 5.41) is 8.64. The average molecular weight is 241 g/mol. The number of hydrogen-bond acceptors (Lipinski definition) is 4. The molecule has 0 unspecified atom stereocenters. The maximum Gasteiger partial charge on any atom is 0.339 e. The number of methoxy groups -OCH3 is 1. The van der Waals surface area contributed by atoms with Crippen LogP contribution in [-0.4, -0.2) is 18.1 Å². The van der Waals surface area contributed by atoms with Crippen LogP contribution in [0.2, 0.25) is 0 Å². The highest BCUT2D eigenvalue weighted by Crippen LogP contribution is 2.13. The topological polar surface area (TPSA) is 63.0 Å². The first-order valence-electron chi connectivity index (χ1n) is 3.33. The molecule has 1 aromatic rings. The van der Waals surface area contributed by atoms with Crippen LogP contribution in [0.15, 0.2) is 16.9 Å². The first-order valence-corrected chi connectivity index (χ1v) is 4.12. The molecule has 1 rings (SSSR count). The van der Waals surface area contributed by atoms with Crippen LogP contribution in [0.3, 0.4) is 0 Å². The number of rotatable bonds is 1. The molecule has 4 nitrogen and oxygen atoms in total. The summed E-state index contributed by atoms with van der Waals surface area (Å²) >= 11 is 3.09.